The minimum Gasteiger partial charge on any atom is -0.347 e. The average Bonchev–Trinajstić information content (AvgIpc) is 3.10. The van der Waals surface area contributed by atoms with Crippen molar-refractivity contribution in [2.45, 2.75) is 6.92 Å². The molecule has 0 saturated carbocycles. The van der Waals surface area contributed by atoms with Gasteiger partial charge in [-0.25, -0.2) is 4.99 Å². The Labute approximate surface area is 160 Å². The number of aliphatic imine (C=N–C) groups is 1. The van der Waals surface area contributed by atoms with E-state index in [0.717, 1.165) is 27.8 Å². The zero-order valence-corrected chi connectivity index (χ0v) is 15.9. The maximum Gasteiger partial charge on any atom is 0.264 e. The van der Waals surface area contributed by atoms with E-state index in [1.807, 2.05) is 37.4 Å². The summed E-state index contributed by atoms with van der Waals surface area (Å²) in [7, 11) is 2.04. The number of rotatable bonds is 2. The van der Waals surface area contributed by atoms with Crippen LogP contribution in [0, 0.1) is 6.92 Å². The van der Waals surface area contributed by atoms with Gasteiger partial charge in [0.2, 0.25) is 0 Å². The Kier molecular flexibility index (Phi) is 4.34. The van der Waals surface area contributed by atoms with E-state index in [0.29, 0.717) is 15.1 Å². The number of nitrogens with one attached hydrogen (secondary N) is 1. The number of amides is 1. The van der Waals surface area contributed by atoms with Crippen LogP contribution in [-0.2, 0) is 11.8 Å². The van der Waals surface area contributed by atoms with Crippen LogP contribution in [0.1, 0.15) is 11.3 Å². The fourth-order valence-corrected chi connectivity index (χ4v) is 3.93. The average molecular weight is 382 g/mol. The summed E-state index contributed by atoms with van der Waals surface area (Å²) in [5, 5.41) is 5.19. The molecular weight excluding hydrogens is 366 g/mol. The van der Waals surface area contributed by atoms with E-state index in [1.165, 1.54) is 11.8 Å². The molecule has 1 saturated heterocycles. The van der Waals surface area contributed by atoms with Crippen molar-refractivity contribution in [3.05, 3.63) is 69.7 Å². The second kappa shape index (κ2) is 6.67. The lowest BCUT2D eigenvalue weighted by Gasteiger charge is -1.98. The molecule has 0 spiro atoms. The van der Waals surface area contributed by atoms with Crippen molar-refractivity contribution in [1.82, 2.24) is 9.88 Å². The molecule has 3 aromatic rings. The van der Waals surface area contributed by atoms with E-state index in [4.69, 9.17) is 11.6 Å². The topological polar surface area (TPSA) is 46.4 Å². The van der Waals surface area contributed by atoms with Crippen LogP contribution in [0.5, 0.6) is 0 Å². The smallest absolute Gasteiger partial charge is 0.264 e. The summed E-state index contributed by atoms with van der Waals surface area (Å²) in [6, 6.07) is 15.4. The largest absolute Gasteiger partial charge is 0.347 e. The number of hydrogen-bond donors (Lipinski definition) is 1. The SMILES string of the molecule is Cc1c(/C=C2\SC(=Nc3ccc(Cl)cc3)NC2=O)c2ccccc2n1C. The summed E-state index contributed by atoms with van der Waals surface area (Å²) < 4.78 is 2.14. The van der Waals surface area contributed by atoms with Crippen molar-refractivity contribution < 1.29 is 4.79 Å². The maximum absolute atomic E-state index is 12.4. The van der Waals surface area contributed by atoms with Crippen LogP contribution in [0.15, 0.2) is 58.4 Å². The van der Waals surface area contributed by atoms with Crippen molar-refractivity contribution in [2.24, 2.45) is 12.0 Å². The number of hydrogen-bond acceptors (Lipinski definition) is 3. The Bertz CT molecular complexity index is 1080. The van der Waals surface area contributed by atoms with Gasteiger partial charge in [0.15, 0.2) is 5.17 Å². The molecule has 0 aliphatic carbocycles. The lowest BCUT2D eigenvalue weighted by molar-refractivity contribution is -0.115. The van der Waals surface area contributed by atoms with Crippen molar-refractivity contribution in [3.63, 3.8) is 0 Å². The monoisotopic (exact) mass is 381 g/mol. The van der Waals surface area contributed by atoms with Crippen molar-refractivity contribution >= 4 is 57.1 Å². The van der Waals surface area contributed by atoms with Crippen LogP contribution >= 0.6 is 23.4 Å². The van der Waals surface area contributed by atoms with Crippen LogP contribution in [0.25, 0.3) is 17.0 Å². The third-order valence-electron chi connectivity index (χ3n) is 4.43. The molecule has 0 atom stereocenters. The lowest BCUT2D eigenvalue weighted by atomic mass is 10.1. The highest BCUT2D eigenvalue weighted by atomic mass is 35.5. The Balaban J connectivity index is 1.70. The van der Waals surface area contributed by atoms with Gasteiger partial charge in [-0.2, -0.15) is 0 Å². The quantitative estimate of drug-likeness (QED) is 0.632. The van der Waals surface area contributed by atoms with Crippen molar-refractivity contribution in [2.75, 3.05) is 0 Å². The number of benzene rings is 2. The van der Waals surface area contributed by atoms with Crippen molar-refractivity contribution in [1.29, 1.82) is 0 Å². The number of aromatic nitrogens is 1. The van der Waals surface area contributed by atoms with Gasteiger partial charge in [-0.15, -0.1) is 0 Å². The van der Waals surface area contributed by atoms with E-state index in [9.17, 15) is 4.79 Å². The number of amidine groups is 1. The van der Waals surface area contributed by atoms with Gasteiger partial charge in [0.05, 0.1) is 10.6 Å². The van der Waals surface area contributed by atoms with Gasteiger partial charge < -0.3 is 9.88 Å². The van der Waals surface area contributed by atoms with Crippen LogP contribution < -0.4 is 5.32 Å². The number of carbonyl (C=O) groups is 1. The highest BCUT2D eigenvalue weighted by Crippen LogP contribution is 2.32. The number of para-hydroxylation sites is 1. The van der Waals surface area contributed by atoms with Crippen LogP contribution in [-0.4, -0.2) is 15.6 Å². The molecule has 1 fully saturated rings. The normalized spacial score (nSPS) is 17.4. The minimum absolute atomic E-state index is 0.130. The van der Waals surface area contributed by atoms with Gasteiger partial charge in [0, 0.05) is 34.2 Å². The van der Waals surface area contributed by atoms with Gasteiger partial charge in [-0.05, 0) is 55.1 Å². The van der Waals surface area contributed by atoms with E-state index in [-0.39, 0.29) is 5.91 Å². The van der Waals surface area contributed by atoms with E-state index < -0.39 is 0 Å². The molecule has 6 heteroatoms. The molecule has 0 radical (unpaired) electrons. The Morgan fingerprint density at radius 3 is 2.65 bits per heavy atom. The van der Waals surface area contributed by atoms with E-state index >= 15 is 0 Å². The first kappa shape index (κ1) is 16.9. The Morgan fingerprint density at radius 2 is 1.88 bits per heavy atom. The number of aryl methyl sites for hydroxylation is 1. The zero-order valence-electron chi connectivity index (χ0n) is 14.3. The summed E-state index contributed by atoms with van der Waals surface area (Å²) >= 11 is 7.24. The van der Waals surface area contributed by atoms with Gasteiger partial charge in [0.1, 0.15) is 0 Å². The highest BCUT2D eigenvalue weighted by molar-refractivity contribution is 8.18. The minimum atomic E-state index is -0.130. The third kappa shape index (κ3) is 3.04. The van der Waals surface area contributed by atoms with Gasteiger partial charge in [-0.1, -0.05) is 29.8 Å². The molecule has 1 aliphatic rings. The number of halogens is 1. The maximum atomic E-state index is 12.4. The first-order chi connectivity index (χ1) is 12.5. The third-order valence-corrected chi connectivity index (χ3v) is 5.59. The molecular formula is C20H16ClN3OS. The lowest BCUT2D eigenvalue weighted by Crippen LogP contribution is -2.19. The Morgan fingerprint density at radius 1 is 1.15 bits per heavy atom. The van der Waals surface area contributed by atoms with Gasteiger partial charge in [-0.3, -0.25) is 4.79 Å². The second-order valence-corrected chi connectivity index (χ2v) is 7.50. The summed E-state index contributed by atoms with van der Waals surface area (Å²) in [4.78, 5) is 17.5. The van der Waals surface area contributed by atoms with Gasteiger partial charge >= 0.3 is 0 Å². The molecule has 0 unspecified atom stereocenters. The molecule has 1 aliphatic heterocycles. The molecule has 4 rings (SSSR count). The number of fused-ring (bicyclic) bond motifs is 1. The molecule has 26 heavy (non-hydrogen) atoms. The fraction of sp³-hybridized carbons (Fsp3) is 0.100. The predicted molar refractivity (Wildman–Crippen MR) is 110 cm³/mol. The standard InChI is InChI=1S/C20H16ClN3OS/c1-12-16(15-5-3-4-6-17(15)24(12)2)11-18-19(25)23-20(26-18)22-14-9-7-13(21)8-10-14/h3-11H,1-2H3,(H,22,23,25)/b18-11-. The molecule has 1 N–H and O–H groups in total. The summed E-state index contributed by atoms with van der Waals surface area (Å²) in [5.74, 6) is -0.130. The van der Waals surface area contributed by atoms with E-state index in [2.05, 4.69) is 33.9 Å². The number of nitrogens with zero attached hydrogens (tertiary/aromatic N) is 2. The van der Waals surface area contributed by atoms with E-state index in [1.54, 1.807) is 12.1 Å². The number of carbonyl (C=O) groups excluding carboxylic acids is 1. The Hall–Kier alpha value is -2.50. The zero-order chi connectivity index (χ0) is 18.3. The summed E-state index contributed by atoms with van der Waals surface area (Å²) in [6.45, 7) is 2.06. The highest BCUT2D eigenvalue weighted by Gasteiger charge is 2.25. The summed E-state index contributed by atoms with van der Waals surface area (Å²) in [6.07, 6.45) is 1.95. The predicted octanol–water partition coefficient (Wildman–Crippen LogP) is 5.03. The molecule has 1 aromatic heterocycles. The van der Waals surface area contributed by atoms with Crippen LogP contribution in [0.3, 0.4) is 0 Å². The fourth-order valence-electron chi connectivity index (χ4n) is 2.98. The van der Waals surface area contributed by atoms with Gasteiger partial charge in [0.25, 0.3) is 5.91 Å². The molecule has 2 heterocycles. The molecule has 4 nitrogen and oxygen atoms in total. The molecule has 1 amide bonds. The molecule has 2 aromatic carbocycles. The molecule has 0 bridgehead atoms. The van der Waals surface area contributed by atoms with Crippen LogP contribution in [0.4, 0.5) is 5.69 Å². The first-order valence-electron chi connectivity index (χ1n) is 8.12. The molecule has 130 valence electrons. The van der Waals surface area contributed by atoms with Crippen molar-refractivity contribution in [3.8, 4) is 0 Å². The van der Waals surface area contributed by atoms with Crippen LogP contribution in [0.2, 0.25) is 5.02 Å². The number of thioether (sulfide) groups is 1. The second-order valence-electron chi connectivity index (χ2n) is 6.03. The first-order valence-corrected chi connectivity index (χ1v) is 9.31. The summed E-state index contributed by atoms with van der Waals surface area (Å²) in [5.41, 5.74) is 4.08.